The molecule has 1 aliphatic heterocycles. The van der Waals surface area contributed by atoms with Crippen LogP contribution in [0.5, 0.6) is 0 Å². The minimum absolute atomic E-state index is 0.00954. The molecule has 0 saturated heterocycles. The highest BCUT2D eigenvalue weighted by atomic mass is 35.5. The molecule has 0 bridgehead atoms. The Hall–Kier alpha value is -1.85. The maximum atomic E-state index is 13.6. The van der Waals surface area contributed by atoms with Crippen LogP contribution in [0, 0.1) is 5.41 Å². The van der Waals surface area contributed by atoms with Crippen LogP contribution in [0.15, 0.2) is 35.7 Å². The quantitative estimate of drug-likeness (QED) is 0.604. The highest BCUT2D eigenvalue weighted by Crippen LogP contribution is 2.38. The molecule has 2 atom stereocenters. The van der Waals surface area contributed by atoms with Crippen LogP contribution >= 0.6 is 22.9 Å². The van der Waals surface area contributed by atoms with E-state index in [9.17, 15) is 9.59 Å². The molecule has 2 heterocycles. The number of carbonyl (C=O) groups excluding carboxylic acids is 2. The minimum Gasteiger partial charge on any atom is -0.330 e. The monoisotopic (exact) mass is 446 g/mol. The van der Waals surface area contributed by atoms with E-state index in [0.29, 0.717) is 11.6 Å². The van der Waals surface area contributed by atoms with Gasteiger partial charge in [-0.25, -0.2) is 0 Å². The molecule has 0 radical (unpaired) electrons. The maximum Gasteiger partial charge on any atom is 0.243 e. The van der Waals surface area contributed by atoms with E-state index in [1.54, 1.807) is 16.2 Å². The molecule has 0 aliphatic carbocycles. The van der Waals surface area contributed by atoms with Gasteiger partial charge in [0.1, 0.15) is 6.54 Å². The molecular formula is C24H31ClN2O2S. The van der Waals surface area contributed by atoms with Gasteiger partial charge in [0.15, 0.2) is 0 Å². The predicted octanol–water partition coefficient (Wildman–Crippen LogP) is 5.55. The zero-order chi connectivity index (χ0) is 22.1. The summed E-state index contributed by atoms with van der Waals surface area (Å²) in [5.41, 5.74) is 1.70. The molecule has 2 amide bonds. The van der Waals surface area contributed by atoms with Crippen LogP contribution in [-0.4, -0.2) is 40.7 Å². The number of hydrogen-bond donors (Lipinski definition) is 0. The van der Waals surface area contributed by atoms with Gasteiger partial charge in [-0.2, -0.15) is 0 Å². The third-order valence-corrected chi connectivity index (χ3v) is 7.05. The molecule has 30 heavy (non-hydrogen) atoms. The number of hydrogen-bond acceptors (Lipinski definition) is 3. The molecule has 1 aliphatic rings. The van der Waals surface area contributed by atoms with Crippen LogP contribution in [-0.2, 0) is 16.0 Å². The summed E-state index contributed by atoms with van der Waals surface area (Å²) in [6, 6.07) is 9.71. The summed E-state index contributed by atoms with van der Waals surface area (Å²) in [5.74, 6) is 0.00572. The third-order valence-electron chi connectivity index (χ3n) is 5.80. The Morgan fingerprint density at radius 1 is 1.23 bits per heavy atom. The molecule has 6 heteroatoms. The van der Waals surface area contributed by atoms with Crippen LogP contribution in [0.2, 0.25) is 5.02 Å². The standard InChI is InChI=1S/C24H31ClN2O2S/c1-6-16(2)27(23(29)24(3,4)5)15-21(28)26-13-11-20-19(12-14-30-20)22(26)17-7-9-18(25)10-8-17/h7-10,12,14,16,22H,6,11,13,15H2,1-5H3. The first kappa shape index (κ1) is 22.8. The first-order chi connectivity index (χ1) is 14.1. The van der Waals surface area contributed by atoms with Gasteiger partial charge in [0, 0.05) is 27.9 Å². The largest absolute Gasteiger partial charge is 0.330 e. The smallest absolute Gasteiger partial charge is 0.243 e. The van der Waals surface area contributed by atoms with Crippen LogP contribution in [0.4, 0.5) is 0 Å². The number of amides is 2. The van der Waals surface area contributed by atoms with Crippen molar-refractivity contribution in [1.82, 2.24) is 9.80 Å². The zero-order valence-electron chi connectivity index (χ0n) is 18.4. The first-order valence-electron chi connectivity index (χ1n) is 10.6. The molecule has 0 N–H and O–H groups in total. The van der Waals surface area contributed by atoms with Gasteiger partial charge in [-0.1, -0.05) is 51.4 Å². The second-order valence-electron chi connectivity index (χ2n) is 9.03. The molecule has 1 aromatic heterocycles. The molecule has 3 rings (SSSR count). The summed E-state index contributed by atoms with van der Waals surface area (Å²) in [4.78, 5) is 31.6. The van der Waals surface area contributed by atoms with E-state index >= 15 is 0 Å². The second-order valence-corrected chi connectivity index (χ2v) is 10.5. The molecule has 2 unspecified atom stereocenters. The number of carbonyl (C=O) groups is 2. The molecule has 2 aromatic rings. The lowest BCUT2D eigenvalue weighted by atomic mass is 9.92. The molecule has 0 saturated carbocycles. The van der Waals surface area contributed by atoms with Crippen molar-refractivity contribution in [2.45, 2.75) is 59.5 Å². The average Bonchev–Trinajstić information content (AvgIpc) is 3.19. The van der Waals surface area contributed by atoms with E-state index in [0.717, 1.165) is 18.4 Å². The topological polar surface area (TPSA) is 40.6 Å². The molecule has 162 valence electrons. The van der Waals surface area contributed by atoms with E-state index in [-0.39, 0.29) is 30.4 Å². The van der Waals surface area contributed by atoms with Crippen molar-refractivity contribution in [3.05, 3.63) is 56.7 Å². The molecule has 0 spiro atoms. The Morgan fingerprint density at radius 2 is 1.90 bits per heavy atom. The van der Waals surface area contributed by atoms with Gasteiger partial charge in [0.2, 0.25) is 11.8 Å². The van der Waals surface area contributed by atoms with Gasteiger partial charge in [-0.15, -0.1) is 11.3 Å². The number of nitrogens with zero attached hydrogens (tertiary/aromatic N) is 2. The number of fused-ring (bicyclic) bond motifs is 1. The summed E-state index contributed by atoms with van der Waals surface area (Å²) >= 11 is 7.85. The first-order valence-corrected chi connectivity index (χ1v) is 11.8. The van der Waals surface area contributed by atoms with Gasteiger partial charge in [-0.3, -0.25) is 9.59 Å². The molecule has 4 nitrogen and oxygen atoms in total. The average molecular weight is 447 g/mol. The van der Waals surface area contributed by atoms with Crippen molar-refractivity contribution in [3.8, 4) is 0 Å². The number of halogens is 1. The van der Waals surface area contributed by atoms with Gasteiger partial charge < -0.3 is 9.80 Å². The molecule has 0 fully saturated rings. The normalized spacial score (nSPS) is 17.4. The Morgan fingerprint density at radius 3 is 2.50 bits per heavy atom. The van der Waals surface area contributed by atoms with Gasteiger partial charge in [0.05, 0.1) is 6.04 Å². The fourth-order valence-electron chi connectivity index (χ4n) is 3.91. The van der Waals surface area contributed by atoms with E-state index in [4.69, 9.17) is 11.6 Å². The summed E-state index contributed by atoms with van der Waals surface area (Å²) < 4.78 is 0. The number of thiophene rings is 1. The zero-order valence-corrected chi connectivity index (χ0v) is 20.0. The van der Waals surface area contributed by atoms with Crippen molar-refractivity contribution < 1.29 is 9.59 Å². The number of rotatable bonds is 5. The molecular weight excluding hydrogens is 416 g/mol. The van der Waals surface area contributed by atoms with Crippen molar-refractivity contribution in [1.29, 1.82) is 0 Å². The highest BCUT2D eigenvalue weighted by Gasteiger charge is 2.36. The Labute approximate surface area is 188 Å². The fraction of sp³-hybridized carbons (Fsp3) is 0.500. The van der Waals surface area contributed by atoms with E-state index in [1.165, 1.54) is 10.4 Å². The Bertz CT molecular complexity index is 901. The van der Waals surface area contributed by atoms with Crippen molar-refractivity contribution in [2.24, 2.45) is 5.41 Å². The van der Waals surface area contributed by atoms with Crippen LogP contribution in [0.25, 0.3) is 0 Å². The van der Waals surface area contributed by atoms with Crippen molar-refractivity contribution in [3.63, 3.8) is 0 Å². The lowest BCUT2D eigenvalue weighted by Crippen LogP contribution is -2.51. The lowest BCUT2D eigenvalue weighted by molar-refractivity contribution is -0.148. The van der Waals surface area contributed by atoms with E-state index in [2.05, 4.69) is 11.4 Å². The van der Waals surface area contributed by atoms with Gasteiger partial charge in [0.25, 0.3) is 0 Å². The van der Waals surface area contributed by atoms with Crippen molar-refractivity contribution >= 4 is 34.8 Å². The Balaban J connectivity index is 1.92. The minimum atomic E-state index is -0.526. The summed E-state index contributed by atoms with van der Waals surface area (Å²) in [7, 11) is 0. The summed E-state index contributed by atoms with van der Waals surface area (Å²) in [6.07, 6.45) is 1.66. The lowest BCUT2D eigenvalue weighted by Gasteiger charge is -2.39. The highest BCUT2D eigenvalue weighted by molar-refractivity contribution is 7.10. The predicted molar refractivity (Wildman–Crippen MR) is 124 cm³/mol. The molecule has 1 aromatic carbocycles. The van der Waals surface area contributed by atoms with Gasteiger partial charge >= 0.3 is 0 Å². The van der Waals surface area contributed by atoms with Gasteiger partial charge in [-0.05, 0) is 54.5 Å². The van der Waals surface area contributed by atoms with Crippen molar-refractivity contribution in [2.75, 3.05) is 13.1 Å². The SMILES string of the molecule is CCC(C)N(CC(=O)N1CCc2sccc2C1c1ccc(Cl)cc1)C(=O)C(C)(C)C. The summed E-state index contributed by atoms with van der Waals surface area (Å²) in [6.45, 7) is 10.5. The second kappa shape index (κ2) is 9.11. The van der Waals surface area contributed by atoms with Crippen LogP contribution in [0.3, 0.4) is 0 Å². The van der Waals surface area contributed by atoms with E-state index in [1.807, 2.05) is 63.8 Å². The third kappa shape index (κ3) is 4.73. The maximum absolute atomic E-state index is 13.6. The number of benzene rings is 1. The summed E-state index contributed by atoms with van der Waals surface area (Å²) in [5, 5.41) is 2.77. The van der Waals surface area contributed by atoms with Crippen LogP contribution < -0.4 is 0 Å². The van der Waals surface area contributed by atoms with E-state index < -0.39 is 5.41 Å². The van der Waals surface area contributed by atoms with Crippen LogP contribution in [0.1, 0.15) is 63.1 Å². The fourth-order valence-corrected chi connectivity index (χ4v) is 4.93. The Kier molecular flexibility index (Phi) is 6.93.